The van der Waals surface area contributed by atoms with Gasteiger partial charge in [0.1, 0.15) is 0 Å². The third-order valence-corrected chi connectivity index (χ3v) is 5.79. The molecule has 154 valence electrons. The van der Waals surface area contributed by atoms with E-state index in [1.54, 1.807) is 6.20 Å². The van der Waals surface area contributed by atoms with Crippen molar-refractivity contribution in [3.8, 4) is 11.3 Å². The Bertz CT molecular complexity index is 1050. The van der Waals surface area contributed by atoms with E-state index >= 15 is 0 Å². The minimum atomic E-state index is 0.257. The lowest BCUT2D eigenvalue weighted by Crippen LogP contribution is -2.48. The summed E-state index contributed by atoms with van der Waals surface area (Å²) in [4.78, 5) is 18.4. The summed E-state index contributed by atoms with van der Waals surface area (Å²) in [6.07, 6.45) is 5.46. The normalized spacial score (nSPS) is 14.7. The molecule has 0 N–H and O–H groups in total. The number of rotatable bonds is 5. The quantitative estimate of drug-likeness (QED) is 0.489. The van der Waals surface area contributed by atoms with E-state index in [0.717, 1.165) is 43.4 Å². The van der Waals surface area contributed by atoms with Crippen molar-refractivity contribution in [3.63, 3.8) is 0 Å². The van der Waals surface area contributed by atoms with Crippen molar-refractivity contribution in [1.82, 2.24) is 19.9 Å². The van der Waals surface area contributed by atoms with Crippen LogP contribution in [-0.2, 0) is 0 Å². The van der Waals surface area contributed by atoms with Gasteiger partial charge in [-0.25, -0.2) is 9.97 Å². The van der Waals surface area contributed by atoms with E-state index in [-0.39, 0.29) is 6.04 Å². The summed E-state index contributed by atoms with van der Waals surface area (Å²) in [5.74, 6) is 0.789. The predicted octanol–water partition coefficient (Wildman–Crippen LogP) is 4.45. The van der Waals surface area contributed by atoms with Crippen LogP contribution >= 0.6 is 0 Å². The molecule has 5 heteroatoms. The molecule has 0 spiro atoms. The summed E-state index contributed by atoms with van der Waals surface area (Å²) >= 11 is 0. The molecule has 0 amide bonds. The lowest BCUT2D eigenvalue weighted by atomic mass is 9.96. The van der Waals surface area contributed by atoms with E-state index in [1.807, 2.05) is 30.6 Å². The number of anilines is 1. The van der Waals surface area contributed by atoms with Gasteiger partial charge in [-0.2, -0.15) is 0 Å². The van der Waals surface area contributed by atoms with E-state index in [1.165, 1.54) is 11.1 Å². The summed E-state index contributed by atoms with van der Waals surface area (Å²) in [5.41, 5.74) is 4.58. The summed E-state index contributed by atoms with van der Waals surface area (Å²) < 4.78 is 0. The van der Waals surface area contributed by atoms with Crippen LogP contribution in [0.25, 0.3) is 11.3 Å². The molecule has 0 bridgehead atoms. The lowest BCUT2D eigenvalue weighted by Gasteiger charge is -2.39. The Labute approximate surface area is 183 Å². The number of piperazine rings is 1. The minimum Gasteiger partial charge on any atom is -0.338 e. The SMILES string of the molecule is c1ccc(C(c2ccccc2)N2CCN(c3nccc(-c4cccnc4)n3)CC2)cc1. The molecule has 0 aliphatic carbocycles. The number of pyridine rings is 1. The summed E-state index contributed by atoms with van der Waals surface area (Å²) in [6, 6.07) is 27.7. The van der Waals surface area contributed by atoms with Gasteiger partial charge in [0.25, 0.3) is 0 Å². The molecule has 1 aliphatic heterocycles. The number of hydrogen-bond acceptors (Lipinski definition) is 5. The molecule has 2 aromatic heterocycles. The van der Waals surface area contributed by atoms with Crippen molar-refractivity contribution < 1.29 is 0 Å². The predicted molar refractivity (Wildman–Crippen MR) is 124 cm³/mol. The highest BCUT2D eigenvalue weighted by Gasteiger charge is 2.27. The fourth-order valence-corrected chi connectivity index (χ4v) is 4.24. The van der Waals surface area contributed by atoms with Crippen molar-refractivity contribution >= 4 is 5.95 Å². The number of benzene rings is 2. The maximum absolute atomic E-state index is 4.81. The molecule has 5 rings (SSSR count). The standard InChI is InChI=1S/C26H25N5/c1-3-8-21(9-4-1)25(22-10-5-2-6-11-22)30-16-18-31(19-17-30)26-28-15-13-24(29-26)23-12-7-14-27-20-23/h1-15,20,25H,16-19H2. The van der Waals surface area contributed by atoms with E-state index in [0.29, 0.717) is 0 Å². The first kappa shape index (κ1) is 19.4. The molecule has 0 unspecified atom stereocenters. The smallest absolute Gasteiger partial charge is 0.225 e. The Balaban J connectivity index is 1.35. The Kier molecular flexibility index (Phi) is 5.67. The average molecular weight is 408 g/mol. The van der Waals surface area contributed by atoms with Crippen LogP contribution in [-0.4, -0.2) is 46.0 Å². The lowest BCUT2D eigenvalue weighted by molar-refractivity contribution is 0.211. The molecule has 31 heavy (non-hydrogen) atoms. The zero-order valence-electron chi connectivity index (χ0n) is 17.4. The van der Waals surface area contributed by atoms with Gasteiger partial charge in [-0.15, -0.1) is 0 Å². The summed E-state index contributed by atoms with van der Waals surface area (Å²) in [5, 5.41) is 0. The van der Waals surface area contributed by atoms with Gasteiger partial charge in [0.15, 0.2) is 0 Å². The van der Waals surface area contributed by atoms with Gasteiger partial charge in [-0.1, -0.05) is 60.7 Å². The third kappa shape index (κ3) is 4.32. The van der Waals surface area contributed by atoms with Gasteiger partial charge in [0.2, 0.25) is 5.95 Å². The largest absolute Gasteiger partial charge is 0.338 e. The monoisotopic (exact) mass is 407 g/mol. The number of aromatic nitrogens is 3. The highest BCUT2D eigenvalue weighted by Crippen LogP contribution is 2.30. The first-order valence-electron chi connectivity index (χ1n) is 10.7. The van der Waals surface area contributed by atoms with Gasteiger partial charge in [-0.05, 0) is 29.3 Å². The van der Waals surface area contributed by atoms with Gasteiger partial charge in [0, 0.05) is 50.3 Å². The zero-order chi connectivity index (χ0) is 20.9. The molecule has 2 aromatic carbocycles. The minimum absolute atomic E-state index is 0.257. The Morgan fingerprint density at radius 3 is 1.97 bits per heavy atom. The van der Waals surface area contributed by atoms with E-state index < -0.39 is 0 Å². The highest BCUT2D eigenvalue weighted by molar-refractivity contribution is 5.58. The first-order chi connectivity index (χ1) is 15.4. The van der Waals surface area contributed by atoms with Crippen LogP contribution < -0.4 is 4.90 Å². The Morgan fingerprint density at radius 2 is 1.35 bits per heavy atom. The molecule has 4 aromatic rings. The highest BCUT2D eigenvalue weighted by atomic mass is 15.3. The topological polar surface area (TPSA) is 45.2 Å². The van der Waals surface area contributed by atoms with Gasteiger partial charge < -0.3 is 4.90 Å². The van der Waals surface area contributed by atoms with Crippen molar-refractivity contribution in [1.29, 1.82) is 0 Å². The molecular weight excluding hydrogens is 382 g/mol. The van der Waals surface area contributed by atoms with Crippen LogP contribution in [0.15, 0.2) is 97.5 Å². The second kappa shape index (κ2) is 9.06. The third-order valence-electron chi connectivity index (χ3n) is 5.79. The maximum atomic E-state index is 4.81. The van der Waals surface area contributed by atoms with Crippen LogP contribution in [0.3, 0.4) is 0 Å². The molecule has 5 nitrogen and oxygen atoms in total. The molecule has 1 saturated heterocycles. The fourth-order valence-electron chi connectivity index (χ4n) is 4.24. The molecule has 0 saturated carbocycles. The number of nitrogens with zero attached hydrogens (tertiary/aromatic N) is 5. The first-order valence-corrected chi connectivity index (χ1v) is 10.7. The second-order valence-electron chi connectivity index (χ2n) is 7.73. The van der Waals surface area contributed by atoms with Crippen molar-refractivity contribution in [3.05, 3.63) is 109 Å². The Morgan fingerprint density at radius 1 is 0.677 bits per heavy atom. The number of hydrogen-bond donors (Lipinski definition) is 0. The molecular formula is C26H25N5. The summed E-state index contributed by atoms with van der Waals surface area (Å²) in [7, 11) is 0. The van der Waals surface area contributed by atoms with Crippen LogP contribution in [0.5, 0.6) is 0 Å². The van der Waals surface area contributed by atoms with Crippen LogP contribution in [0.2, 0.25) is 0 Å². The van der Waals surface area contributed by atoms with E-state index in [4.69, 9.17) is 4.98 Å². The van der Waals surface area contributed by atoms with Gasteiger partial charge >= 0.3 is 0 Å². The molecule has 1 aliphatic rings. The molecule has 1 fully saturated rings. The second-order valence-corrected chi connectivity index (χ2v) is 7.73. The van der Waals surface area contributed by atoms with Crippen LogP contribution in [0, 0.1) is 0 Å². The molecule has 0 atom stereocenters. The fraction of sp³-hybridized carbons (Fsp3) is 0.192. The van der Waals surface area contributed by atoms with Crippen molar-refractivity contribution in [2.45, 2.75) is 6.04 Å². The van der Waals surface area contributed by atoms with Gasteiger partial charge in [0.05, 0.1) is 11.7 Å². The van der Waals surface area contributed by atoms with E-state index in [2.05, 4.69) is 80.4 Å². The van der Waals surface area contributed by atoms with Crippen LogP contribution in [0.4, 0.5) is 5.95 Å². The van der Waals surface area contributed by atoms with Gasteiger partial charge in [-0.3, -0.25) is 9.88 Å². The molecule has 3 heterocycles. The van der Waals surface area contributed by atoms with Crippen LogP contribution in [0.1, 0.15) is 17.2 Å². The van der Waals surface area contributed by atoms with Crippen molar-refractivity contribution in [2.24, 2.45) is 0 Å². The summed E-state index contributed by atoms with van der Waals surface area (Å²) in [6.45, 7) is 3.70. The average Bonchev–Trinajstić information content (AvgIpc) is 2.87. The molecule has 0 radical (unpaired) electrons. The zero-order valence-corrected chi connectivity index (χ0v) is 17.4. The van der Waals surface area contributed by atoms with E-state index in [9.17, 15) is 0 Å². The van der Waals surface area contributed by atoms with Crippen molar-refractivity contribution in [2.75, 3.05) is 31.1 Å². The Hall–Kier alpha value is -3.57. The maximum Gasteiger partial charge on any atom is 0.225 e.